The summed E-state index contributed by atoms with van der Waals surface area (Å²) in [6, 6.07) is 2.67. The van der Waals surface area contributed by atoms with E-state index in [1.807, 2.05) is 6.92 Å². The third kappa shape index (κ3) is 4.06. The first kappa shape index (κ1) is 15.6. The molecule has 7 nitrogen and oxygen atoms in total. The van der Waals surface area contributed by atoms with E-state index in [0.717, 1.165) is 12.5 Å². The molecule has 1 atom stereocenters. The Kier molecular flexibility index (Phi) is 5.22. The van der Waals surface area contributed by atoms with Crippen LogP contribution in [0, 0.1) is 0 Å². The average molecular weight is 280 g/mol. The Morgan fingerprint density at radius 1 is 1.15 bits per heavy atom. The SMILES string of the molecule is CCC[C@H](N)C(=O)Nc1cc(C(=O)O)cc(C(=O)O)c1. The normalized spacial score (nSPS) is 11.7. The molecule has 0 heterocycles. The number of hydrogen-bond donors (Lipinski definition) is 4. The van der Waals surface area contributed by atoms with Gasteiger partial charge in [-0.1, -0.05) is 13.3 Å². The number of nitrogens with two attached hydrogens (primary N) is 1. The zero-order valence-corrected chi connectivity index (χ0v) is 10.9. The summed E-state index contributed by atoms with van der Waals surface area (Å²) in [7, 11) is 0. The van der Waals surface area contributed by atoms with Crippen molar-refractivity contribution in [3.8, 4) is 0 Å². The number of aromatic carboxylic acids is 2. The maximum Gasteiger partial charge on any atom is 0.335 e. The number of amides is 1. The van der Waals surface area contributed by atoms with Crippen molar-refractivity contribution in [3.63, 3.8) is 0 Å². The van der Waals surface area contributed by atoms with Gasteiger partial charge in [-0.15, -0.1) is 0 Å². The van der Waals surface area contributed by atoms with Gasteiger partial charge in [0.15, 0.2) is 0 Å². The molecule has 5 N–H and O–H groups in total. The lowest BCUT2D eigenvalue weighted by atomic mass is 10.1. The molecule has 0 aromatic heterocycles. The maximum absolute atomic E-state index is 11.7. The monoisotopic (exact) mass is 280 g/mol. The van der Waals surface area contributed by atoms with Gasteiger partial charge in [0.2, 0.25) is 5.91 Å². The molecule has 20 heavy (non-hydrogen) atoms. The summed E-state index contributed by atoms with van der Waals surface area (Å²) in [5.41, 5.74) is 5.29. The maximum atomic E-state index is 11.7. The van der Waals surface area contributed by atoms with Crippen molar-refractivity contribution in [2.24, 2.45) is 5.73 Å². The zero-order valence-electron chi connectivity index (χ0n) is 10.9. The predicted molar refractivity (Wildman–Crippen MR) is 71.9 cm³/mol. The summed E-state index contributed by atoms with van der Waals surface area (Å²) in [6.45, 7) is 1.88. The van der Waals surface area contributed by atoms with Crippen molar-refractivity contribution >= 4 is 23.5 Å². The smallest absolute Gasteiger partial charge is 0.335 e. The first-order valence-corrected chi connectivity index (χ1v) is 6.03. The number of carboxylic acids is 2. The fraction of sp³-hybridized carbons (Fsp3) is 0.308. The highest BCUT2D eigenvalue weighted by atomic mass is 16.4. The van der Waals surface area contributed by atoms with Crippen LogP contribution in [0.2, 0.25) is 0 Å². The molecule has 0 radical (unpaired) electrons. The molecule has 0 saturated carbocycles. The van der Waals surface area contributed by atoms with Crippen LogP contribution in [-0.4, -0.2) is 34.1 Å². The molecule has 0 spiro atoms. The van der Waals surface area contributed by atoms with Gasteiger partial charge in [-0.3, -0.25) is 4.79 Å². The van der Waals surface area contributed by atoms with E-state index < -0.39 is 23.9 Å². The van der Waals surface area contributed by atoms with Crippen LogP contribution in [0.3, 0.4) is 0 Å². The summed E-state index contributed by atoms with van der Waals surface area (Å²) >= 11 is 0. The van der Waals surface area contributed by atoms with E-state index in [1.165, 1.54) is 12.1 Å². The molecular weight excluding hydrogens is 264 g/mol. The second-order valence-electron chi connectivity index (χ2n) is 4.29. The highest BCUT2D eigenvalue weighted by Gasteiger charge is 2.16. The fourth-order valence-electron chi connectivity index (χ4n) is 1.62. The second kappa shape index (κ2) is 6.67. The molecule has 1 aromatic carbocycles. The molecule has 7 heteroatoms. The topological polar surface area (TPSA) is 130 Å². The van der Waals surface area contributed by atoms with Crippen molar-refractivity contribution in [2.75, 3.05) is 5.32 Å². The number of carbonyl (C=O) groups is 3. The molecule has 108 valence electrons. The lowest BCUT2D eigenvalue weighted by Crippen LogP contribution is -2.35. The third-order valence-corrected chi connectivity index (χ3v) is 2.63. The van der Waals surface area contributed by atoms with Gasteiger partial charge in [0, 0.05) is 5.69 Å². The Hall–Kier alpha value is -2.41. The second-order valence-corrected chi connectivity index (χ2v) is 4.29. The Morgan fingerprint density at radius 3 is 2.05 bits per heavy atom. The van der Waals surface area contributed by atoms with E-state index in [2.05, 4.69) is 5.32 Å². The number of anilines is 1. The van der Waals surface area contributed by atoms with Gasteiger partial charge in [0.1, 0.15) is 0 Å². The van der Waals surface area contributed by atoms with Gasteiger partial charge >= 0.3 is 11.9 Å². The molecule has 0 fully saturated rings. The highest BCUT2D eigenvalue weighted by molar-refractivity contribution is 5.99. The van der Waals surface area contributed by atoms with Crippen LogP contribution in [0.25, 0.3) is 0 Å². The minimum absolute atomic E-state index is 0.0962. The Labute approximate surface area is 115 Å². The van der Waals surface area contributed by atoms with E-state index in [0.29, 0.717) is 6.42 Å². The molecule has 0 aliphatic rings. The molecule has 0 aliphatic carbocycles. The van der Waals surface area contributed by atoms with Crippen molar-refractivity contribution in [1.82, 2.24) is 0 Å². The zero-order chi connectivity index (χ0) is 15.3. The summed E-state index contributed by atoms with van der Waals surface area (Å²) in [4.78, 5) is 33.6. The van der Waals surface area contributed by atoms with Crippen LogP contribution in [0.1, 0.15) is 40.5 Å². The third-order valence-electron chi connectivity index (χ3n) is 2.63. The molecule has 0 saturated heterocycles. The van der Waals surface area contributed by atoms with Crippen molar-refractivity contribution in [2.45, 2.75) is 25.8 Å². The Balaban J connectivity index is 3.02. The first-order chi connectivity index (χ1) is 9.35. The van der Waals surface area contributed by atoms with Gasteiger partial charge in [0.05, 0.1) is 17.2 Å². The molecule has 0 aliphatic heterocycles. The van der Waals surface area contributed by atoms with Crippen molar-refractivity contribution in [1.29, 1.82) is 0 Å². The standard InChI is InChI=1S/C13H16N2O5/c1-2-3-10(14)11(16)15-9-5-7(12(17)18)4-8(6-9)13(19)20/h4-6,10H,2-3,14H2,1H3,(H,15,16)(H,17,18)(H,19,20)/t10-/m0/s1. The number of rotatable bonds is 6. The van der Waals surface area contributed by atoms with Gasteiger partial charge in [-0.25, -0.2) is 9.59 Å². The Bertz CT molecular complexity index is 509. The summed E-state index contributed by atoms with van der Waals surface area (Å²) in [5, 5.41) is 20.3. The number of hydrogen-bond acceptors (Lipinski definition) is 4. The minimum atomic E-state index is -1.28. The molecule has 0 unspecified atom stereocenters. The quantitative estimate of drug-likeness (QED) is 0.618. The van der Waals surface area contributed by atoms with Crippen LogP contribution in [0.15, 0.2) is 18.2 Å². The minimum Gasteiger partial charge on any atom is -0.478 e. The van der Waals surface area contributed by atoms with Crippen molar-refractivity contribution in [3.05, 3.63) is 29.3 Å². The summed E-state index contributed by atoms with van der Waals surface area (Å²) < 4.78 is 0. The lowest BCUT2D eigenvalue weighted by Gasteiger charge is -2.12. The Morgan fingerprint density at radius 2 is 1.65 bits per heavy atom. The first-order valence-electron chi connectivity index (χ1n) is 6.03. The highest BCUT2D eigenvalue weighted by Crippen LogP contribution is 2.16. The molecule has 1 amide bonds. The van der Waals surface area contributed by atoms with E-state index >= 15 is 0 Å². The number of carboxylic acid groups (broad SMARTS) is 2. The van der Waals surface area contributed by atoms with Gasteiger partial charge in [-0.05, 0) is 24.6 Å². The fourth-order valence-corrected chi connectivity index (χ4v) is 1.62. The molecular formula is C13H16N2O5. The summed E-state index contributed by atoms with van der Waals surface area (Å²) in [6.07, 6.45) is 1.21. The van der Waals surface area contributed by atoms with E-state index in [4.69, 9.17) is 15.9 Å². The number of nitrogens with one attached hydrogen (secondary N) is 1. The van der Waals surface area contributed by atoms with Crippen LogP contribution in [0.5, 0.6) is 0 Å². The van der Waals surface area contributed by atoms with Crippen LogP contribution in [0.4, 0.5) is 5.69 Å². The lowest BCUT2D eigenvalue weighted by molar-refractivity contribution is -0.117. The van der Waals surface area contributed by atoms with Gasteiger partial charge in [0.25, 0.3) is 0 Å². The van der Waals surface area contributed by atoms with Crippen LogP contribution >= 0.6 is 0 Å². The largest absolute Gasteiger partial charge is 0.478 e. The predicted octanol–water partition coefficient (Wildman–Crippen LogP) is 1.15. The molecule has 0 bridgehead atoms. The summed E-state index contributed by atoms with van der Waals surface area (Å²) in [5.74, 6) is -3.03. The van der Waals surface area contributed by atoms with Gasteiger partial charge < -0.3 is 21.3 Å². The van der Waals surface area contributed by atoms with Gasteiger partial charge in [-0.2, -0.15) is 0 Å². The number of carbonyl (C=O) groups excluding carboxylic acids is 1. The van der Waals surface area contributed by atoms with E-state index in [1.54, 1.807) is 0 Å². The molecule has 1 aromatic rings. The van der Waals surface area contributed by atoms with E-state index in [-0.39, 0.29) is 16.8 Å². The van der Waals surface area contributed by atoms with E-state index in [9.17, 15) is 14.4 Å². The number of benzene rings is 1. The van der Waals surface area contributed by atoms with Crippen LogP contribution < -0.4 is 11.1 Å². The van der Waals surface area contributed by atoms with Crippen LogP contribution in [-0.2, 0) is 4.79 Å². The van der Waals surface area contributed by atoms with Crippen molar-refractivity contribution < 1.29 is 24.6 Å². The average Bonchev–Trinajstić information content (AvgIpc) is 2.38. The molecule has 1 rings (SSSR count).